The molecule has 0 aromatic heterocycles. The molecule has 0 aliphatic carbocycles. The zero-order valence-electron chi connectivity index (χ0n) is 5.86. The van der Waals surface area contributed by atoms with Gasteiger partial charge in [0.1, 0.15) is 0 Å². The Labute approximate surface area is 67.1 Å². The van der Waals surface area contributed by atoms with Crippen molar-refractivity contribution in [3.05, 3.63) is 29.8 Å². The molecular weight excluding hydrogens is 159 g/mol. The van der Waals surface area contributed by atoms with Gasteiger partial charge < -0.3 is 10.9 Å². The van der Waals surface area contributed by atoms with Gasteiger partial charge >= 0.3 is 0 Å². The minimum Gasteiger partial charge on any atom is -0.409 e. The van der Waals surface area contributed by atoms with Crippen molar-refractivity contribution in [2.75, 3.05) is 0 Å². The molecule has 3 nitrogen and oxygen atoms in total. The summed E-state index contributed by atoms with van der Waals surface area (Å²) in [5.41, 5.74) is 6.06. The van der Waals surface area contributed by atoms with Crippen LogP contribution in [-0.2, 0) is 0 Å². The fourth-order valence-electron chi connectivity index (χ4n) is 0.712. The Morgan fingerprint density at radius 2 is 1.91 bits per heavy atom. The lowest BCUT2D eigenvalue weighted by Gasteiger charge is -1.97. The Balaban J connectivity index is 2.99. The van der Waals surface area contributed by atoms with Crippen molar-refractivity contribution in [2.45, 2.75) is 0 Å². The number of oxime groups is 1. The van der Waals surface area contributed by atoms with Crippen LogP contribution in [0, 0.1) is 0 Å². The van der Waals surface area contributed by atoms with Crippen LogP contribution < -0.4 is 11.0 Å². The Kier molecular flexibility index (Phi) is 2.44. The molecule has 0 radical (unpaired) electrons. The summed E-state index contributed by atoms with van der Waals surface area (Å²) in [6.45, 7) is 0. The van der Waals surface area contributed by atoms with E-state index in [1.807, 2.05) is 12.1 Å². The van der Waals surface area contributed by atoms with Crippen LogP contribution in [0.2, 0.25) is 0 Å². The second-order valence-electron chi connectivity index (χ2n) is 2.11. The van der Waals surface area contributed by atoms with Crippen molar-refractivity contribution in [3.63, 3.8) is 0 Å². The second kappa shape index (κ2) is 3.35. The van der Waals surface area contributed by atoms with E-state index in [1.165, 1.54) is 0 Å². The van der Waals surface area contributed by atoms with Gasteiger partial charge in [0.15, 0.2) is 5.84 Å². The SMILES string of the molecule is N/C(=N\O)c1ccc(P)cc1. The summed E-state index contributed by atoms with van der Waals surface area (Å²) in [7, 11) is 2.56. The van der Waals surface area contributed by atoms with Crippen LogP contribution in [0.25, 0.3) is 0 Å². The topological polar surface area (TPSA) is 58.6 Å². The summed E-state index contributed by atoms with van der Waals surface area (Å²) in [5, 5.41) is 12.3. The molecule has 0 saturated carbocycles. The lowest BCUT2D eigenvalue weighted by molar-refractivity contribution is 0.318. The molecular formula is C7H9N2OP. The molecule has 0 aliphatic rings. The average molecular weight is 168 g/mol. The first kappa shape index (κ1) is 8.02. The third kappa shape index (κ3) is 1.92. The van der Waals surface area contributed by atoms with Crippen molar-refractivity contribution < 1.29 is 5.21 Å². The maximum absolute atomic E-state index is 8.32. The first-order valence-corrected chi connectivity index (χ1v) is 3.65. The normalized spacial score (nSPS) is 11.5. The molecule has 1 unspecified atom stereocenters. The van der Waals surface area contributed by atoms with Gasteiger partial charge in [-0.2, -0.15) is 0 Å². The lowest BCUT2D eigenvalue weighted by atomic mass is 10.2. The highest BCUT2D eigenvalue weighted by molar-refractivity contribution is 7.27. The van der Waals surface area contributed by atoms with Crippen LogP contribution in [0.15, 0.2) is 29.4 Å². The summed E-state index contributed by atoms with van der Waals surface area (Å²) < 4.78 is 0. The summed E-state index contributed by atoms with van der Waals surface area (Å²) >= 11 is 0. The number of nitrogens with two attached hydrogens (primary N) is 1. The summed E-state index contributed by atoms with van der Waals surface area (Å²) in [5.74, 6) is 0.134. The quantitative estimate of drug-likeness (QED) is 0.208. The van der Waals surface area contributed by atoms with Gasteiger partial charge in [-0.1, -0.05) is 29.4 Å². The zero-order valence-corrected chi connectivity index (χ0v) is 7.01. The highest BCUT2D eigenvalue weighted by Gasteiger charge is 1.95. The van der Waals surface area contributed by atoms with Crippen LogP contribution in [-0.4, -0.2) is 11.0 Å². The van der Waals surface area contributed by atoms with E-state index in [1.54, 1.807) is 12.1 Å². The highest BCUT2D eigenvalue weighted by Crippen LogP contribution is 1.97. The molecule has 0 saturated heterocycles. The number of hydrogen-bond donors (Lipinski definition) is 2. The third-order valence-corrected chi connectivity index (χ3v) is 1.70. The number of rotatable bonds is 1. The van der Waals surface area contributed by atoms with E-state index in [9.17, 15) is 0 Å². The Morgan fingerprint density at radius 1 is 1.36 bits per heavy atom. The molecule has 58 valence electrons. The van der Waals surface area contributed by atoms with Crippen molar-refractivity contribution in [1.29, 1.82) is 0 Å². The maximum atomic E-state index is 8.32. The number of hydrogen-bond acceptors (Lipinski definition) is 2. The fourth-order valence-corrected chi connectivity index (χ4v) is 0.904. The molecule has 1 aromatic rings. The van der Waals surface area contributed by atoms with Crippen LogP contribution in [0.1, 0.15) is 5.56 Å². The van der Waals surface area contributed by atoms with Gasteiger partial charge in [0.05, 0.1) is 0 Å². The van der Waals surface area contributed by atoms with E-state index in [4.69, 9.17) is 10.9 Å². The van der Waals surface area contributed by atoms with Gasteiger partial charge in [0.2, 0.25) is 0 Å². The molecule has 0 amide bonds. The van der Waals surface area contributed by atoms with Crippen molar-refractivity contribution in [2.24, 2.45) is 10.9 Å². The Morgan fingerprint density at radius 3 is 2.36 bits per heavy atom. The van der Waals surface area contributed by atoms with Crippen molar-refractivity contribution in [3.8, 4) is 0 Å². The van der Waals surface area contributed by atoms with Gasteiger partial charge in [-0.05, 0) is 5.30 Å². The smallest absolute Gasteiger partial charge is 0.170 e. The zero-order chi connectivity index (χ0) is 8.27. The lowest BCUT2D eigenvalue weighted by Crippen LogP contribution is -2.13. The molecule has 3 N–H and O–H groups in total. The Bertz CT molecular complexity index is 268. The van der Waals surface area contributed by atoms with Gasteiger partial charge in [-0.3, -0.25) is 0 Å². The van der Waals surface area contributed by atoms with Gasteiger partial charge in [0, 0.05) is 5.56 Å². The second-order valence-corrected chi connectivity index (χ2v) is 2.77. The van der Waals surface area contributed by atoms with E-state index >= 15 is 0 Å². The monoisotopic (exact) mass is 168 g/mol. The first-order chi connectivity index (χ1) is 5.24. The maximum Gasteiger partial charge on any atom is 0.170 e. The fraction of sp³-hybridized carbons (Fsp3) is 0. The molecule has 1 atom stereocenters. The van der Waals surface area contributed by atoms with Crippen molar-refractivity contribution in [1.82, 2.24) is 0 Å². The van der Waals surface area contributed by atoms with Gasteiger partial charge in [0.25, 0.3) is 0 Å². The van der Waals surface area contributed by atoms with Crippen LogP contribution in [0.4, 0.5) is 0 Å². The predicted molar refractivity (Wildman–Crippen MR) is 48.3 cm³/mol. The summed E-state index contributed by atoms with van der Waals surface area (Å²) in [4.78, 5) is 0. The highest BCUT2D eigenvalue weighted by atomic mass is 31.0. The first-order valence-electron chi connectivity index (χ1n) is 3.07. The largest absolute Gasteiger partial charge is 0.409 e. The van der Waals surface area contributed by atoms with Crippen LogP contribution in [0.3, 0.4) is 0 Å². The molecule has 0 spiro atoms. The predicted octanol–water partition coefficient (Wildman–Crippen LogP) is 0.282. The molecule has 0 heterocycles. The molecule has 0 aliphatic heterocycles. The molecule has 4 heteroatoms. The molecule has 0 bridgehead atoms. The molecule has 11 heavy (non-hydrogen) atoms. The van der Waals surface area contributed by atoms with E-state index in [-0.39, 0.29) is 5.84 Å². The van der Waals surface area contributed by atoms with Crippen LogP contribution >= 0.6 is 9.24 Å². The Hall–Kier alpha value is -1.08. The van der Waals surface area contributed by atoms with Crippen molar-refractivity contribution >= 4 is 20.4 Å². The van der Waals surface area contributed by atoms with E-state index in [0.29, 0.717) is 0 Å². The average Bonchev–Trinajstić information content (AvgIpc) is 2.05. The summed E-state index contributed by atoms with van der Waals surface area (Å²) in [6.07, 6.45) is 0. The number of amidine groups is 1. The molecule has 1 rings (SSSR count). The van der Waals surface area contributed by atoms with E-state index in [0.717, 1.165) is 10.9 Å². The minimum atomic E-state index is 0.134. The van der Waals surface area contributed by atoms with E-state index in [2.05, 4.69) is 14.4 Å². The van der Waals surface area contributed by atoms with E-state index < -0.39 is 0 Å². The molecule has 0 fully saturated rings. The van der Waals surface area contributed by atoms with Gasteiger partial charge in [-0.15, -0.1) is 9.24 Å². The third-order valence-electron chi connectivity index (χ3n) is 1.31. The van der Waals surface area contributed by atoms with Crippen LogP contribution in [0.5, 0.6) is 0 Å². The minimum absolute atomic E-state index is 0.134. The number of nitrogens with zero attached hydrogens (tertiary/aromatic N) is 1. The number of benzene rings is 1. The summed E-state index contributed by atoms with van der Waals surface area (Å²) in [6, 6.07) is 7.32. The molecule has 1 aromatic carbocycles. The van der Waals surface area contributed by atoms with Gasteiger partial charge in [-0.25, -0.2) is 0 Å². The standard InChI is InChI=1S/C7H9N2OP/c8-7(9-10)5-1-3-6(11)4-2-5/h1-4,10H,11H2,(H2,8,9).